The van der Waals surface area contributed by atoms with Crippen molar-refractivity contribution in [3.05, 3.63) is 52.0 Å². The Morgan fingerprint density at radius 3 is 2.77 bits per heavy atom. The molecule has 3 aromatic rings. The number of halogens is 2. The maximum Gasteiger partial charge on any atom is 0.255 e. The summed E-state index contributed by atoms with van der Waals surface area (Å²) in [5.41, 5.74) is 2.57. The number of nitrogens with one attached hydrogen (secondary N) is 1. The van der Waals surface area contributed by atoms with Crippen molar-refractivity contribution in [3.63, 3.8) is 0 Å². The quantitative estimate of drug-likeness (QED) is 0.787. The summed E-state index contributed by atoms with van der Waals surface area (Å²) < 4.78 is 1.77. The monoisotopic (exact) mass is 334 g/mol. The van der Waals surface area contributed by atoms with E-state index in [0.29, 0.717) is 26.8 Å². The molecule has 1 aromatic heterocycles. The first-order chi connectivity index (χ1) is 10.6. The van der Waals surface area contributed by atoms with Gasteiger partial charge >= 0.3 is 0 Å². The number of carbonyl (C=O) groups is 1. The molecule has 0 radical (unpaired) electrons. The summed E-state index contributed by atoms with van der Waals surface area (Å²) in [6.07, 6.45) is 0. The van der Waals surface area contributed by atoms with E-state index in [4.69, 9.17) is 23.2 Å². The molecule has 0 saturated heterocycles. The van der Waals surface area contributed by atoms with E-state index in [1.165, 1.54) is 0 Å². The third kappa shape index (κ3) is 2.77. The molecule has 5 nitrogen and oxygen atoms in total. The second kappa shape index (κ2) is 5.94. The number of hydrogen-bond acceptors (Lipinski definition) is 3. The number of aromatic nitrogens is 3. The molecule has 2 aromatic carbocycles. The van der Waals surface area contributed by atoms with Gasteiger partial charge in [-0.2, -0.15) is 0 Å². The molecule has 0 spiro atoms. The predicted molar refractivity (Wildman–Crippen MR) is 87.6 cm³/mol. The third-order valence-electron chi connectivity index (χ3n) is 3.25. The number of rotatable bonds is 3. The summed E-state index contributed by atoms with van der Waals surface area (Å²) in [5.74, 6) is -0.267. The first-order valence-electron chi connectivity index (χ1n) is 6.68. The van der Waals surface area contributed by atoms with Crippen LogP contribution in [0.3, 0.4) is 0 Å². The van der Waals surface area contributed by atoms with Crippen molar-refractivity contribution in [2.24, 2.45) is 0 Å². The lowest BCUT2D eigenvalue weighted by molar-refractivity contribution is 0.102. The van der Waals surface area contributed by atoms with Crippen LogP contribution < -0.4 is 5.32 Å². The van der Waals surface area contributed by atoms with Crippen molar-refractivity contribution in [2.75, 3.05) is 5.32 Å². The molecule has 22 heavy (non-hydrogen) atoms. The number of carbonyl (C=O) groups excluding carboxylic acids is 1. The molecule has 0 atom stereocenters. The van der Waals surface area contributed by atoms with E-state index in [9.17, 15) is 4.79 Å². The fourth-order valence-corrected chi connectivity index (χ4v) is 2.59. The van der Waals surface area contributed by atoms with Gasteiger partial charge in [-0.05, 0) is 43.3 Å². The maximum atomic E-state index is 12.3. The van der Waals surface area contributed by atoms with Crippen molar-refractivity contribution < 1.29 is 4.79 Å². The van der Waals surface area contributed by atoms with Gasteiger partial charge in [-0.3, -0.25) is 4.79 Å². The first kappa shape index (κ1) is 14.8. The van der Waals surface area contributed by atoms with Crippen LogP contribution in [0.2, 0.25) is 10.0 Å². The molecule has 0 aliphatic rings. The maximum absolute atomic E-state index is 12.3. The van der Waals surface area contributed by atoms with E-state index in [1.807, 2.05) is 13.0 Å². The summed E-state index contributed by atoms with van der Waals surface area (Å²) in [6, 6.07) is 10.2. The largest absolute Gasteiger partial charge is 0.321 e. The van der Waals surface area contributed by atoms with Crippen LogP contribution in [0.5, 0.6) is 0 Å². The van der Waals surface area contributed by atoms with Crippen LogP contribution in [-0.4, -0.2) is 20.9 Å². The molecule has 1 heterocycles. The summed E-state index contributed by atoms with van der Waals surface area (Å²) in [7, 11) is 0. The number of aryl methyl sites for hydroxylation is 1. The molecule has 3 rings (SSSR count). The number of benzene rings is 2. The van der Waals surface area contributed by atoms with Crippen molar-refractivity contribution in [1.29, 1.82) is 0 Å². The summed E-state index contributed by atoms with van der Waals surface area (Å²) in [5, 5.41) is 11.7. The molecule has 0 aliphatic heterocycles. The summed E-state index contributed by atoms with van der Waals surface area (Å²) in [4.78, 5) is 12.3. The highest BCUT2D eigenvalue weighted by Gasteiger charge is 2.11. The highest BCUT2D eigenvalue weighted by molar-refractivity contribution is 6.36. The standard InChI is InChI=1S/C15H12Cl2N4O/c1-2-21-14-6-3-9(7-13(14)19-20-21)15(22)18-12-5-4-10(16)8-11(12)17/h3-8H,2H2,1H3,(H,18,22). The lowest BCUT2D eigenvalue weighted by Gasteiger charge is -2.07. The fraction of sp³-hybridized carbons (Fsp3) is 0.133. The summed E-state index contributed by atoms with van der Waals surface area (Å²) >= 11 is 11.9. The van der Waals surface area contributed by atoms with Crippen molar-refractivity contribution >= 4 is 45.8 Å². The van der Waals surface area contributed by atoms with Gasteiger partial charge in [-0.1, -0.05) is 28.4 Å². The van der Waals surface area contributed by atoms with Gasteiger partial charge in [0.15, 0.2) is 0 Å². The van der Waals surface area contributed by atoms with E-state index in [0.717, 1.165) is 12.1 Å². The zero-order valence-electron chi connectivity index (χ0n) is 11.7. The van der Waals surface area contributed by atoms with Gasteiger partial charge in [0.2, 0.25) is 0 Å². The van der Waals surface area contributed by atoms with Gasteiger partial charge in [0.05, 0.1) is 16.2 Å². The van der Waals surface area contributed by atoms with Crippen LogP contribution in [0.25, 0.3) is 11.0 Å². The van der Waals surface area contributed by atoms with E-state index in [1.54, 1.807) is 35.0 Å². The van der Waals surface area contributed by atoms with E-state index < -0.39 is 0 Å². The van der Waals surface area contributed by atoms with Gasteiger partial charge in [-0.15, -0.1) is 5.10 Å². The molecular formula is C15H12Cl2N4O. The SMILES string of the molecule is CCn1nnc2cc(C(=O)Nc3ccc(Cl)cc3Cl)ccc21. The third-order valence-corrected chi connectivity index (χ3v) is 3.80. The Kier molecular flexibility index (Phi) is 4.00. The van der Waals surface area contributed by atoms with Gasteiger partial charge in [0.25, 0.3) is 5.91 Å². The fourth-order valence-electron chi connectivity index (χ4n) is 2.13. The second-order valence-electron chi connectivity index (χ2n) is 4.69. The van der Waals surface area contributed by atoms with Crippen LogP contribution in [-0.2, 0) is 6.54 Å². The predicted octanol–water partition coefficient (Wildman–Crippen LogP) is 4.01. The smallest absolute Gasteiger partial charge is 0.255 e. The Labute approximate surface area is 136 Å². The van der Waals surface area contributed by atoms with Crippen LogP contribution in [0.4, 0.5) is 5.69 Å². The van der Waals surface area contributed by atoms with Gasteiger partial charge in [-0.25, -0.2) is 4.68 Å². The Morgan fingerprint density at radius 2 is 2.05 bits per heavy atom. The Bertz CT molecular complexity index is 860. The molecular weight excluding hydrogens is 323 g/mol. The molecule has 0 bridgehead atoms. The second-order valence-corrected chi connectivity index (χ2v) is 5.53. The number of amides is 1. The van der Waals surface area contributed by atoms with Crippen LogP contribution >= 0.6 is 23.2 Å². The van der Waals surface area contributed by atoms with Gasteiger partial charge in [0.1, 0.15) is 5.52 Å². The minimum absolute atomic E-state index is 0.267. The summed E-state index contributed by atoms with van der Waals surface area (Å²) in [6.45, 7) is 2.71. The van der Waals surface area contributed by atoms with Crippen molar-refractivity contribution in [3.8, 4) is 0 Å². The van der Waals surface area contributed by atoms with Crippen molar-refractivity contribution in [1.82, 2.24) is 15.0 Å². The zero-order chi connectivity index (χ0) is 15.7. The molecule has 0 aliphatic carbocycles. The minimum atomic E-state index is -0.267. The zero-order valence-corrected chi connectivity index (χ0v) is 13.2. The first-order valence-corrected chi connectivity index (χ1v) is 7.43. The van der Waals surface area contributed by atoms with E-state index in [2.05, 4.69) is 15.6 Å². The van der Waals surface area contributed by atoms with Crippen LogP contribution in [0.1, 0.15) is 17.3 Å². The van der Waals surface area contributed by atoms with E-state index >= 15 is 0 Å². The molecule has 0 fully saturated rings. The number of anilines is 1. The molecule has 1 N–H and O–H groups in total. The van der Waals surface area contributed by atoms with Crippen molar-refractivity contribution in [2.45, 2.75) is 13.5 Å². The molecule has 7 heteroatoms. The Morgan fingerprint density at radius 1 is 1.23 bits per heavy atom. The molecule has 0 unspecified atom stereocenters. The lowest BCUT2D eigenvalue weighted by atomic mass is 10.2. The van der Waals surface area contributed by atoms with Gasteiger partial charge < -0.3 is 5.32 Å². The van der Waals surface area contributed by atoms with Gasteiger partial charge in [0, 0.05) is 17.1 Å². The molecule has 1 amide bonds. The highest BCUT2D eigenvalue weighted by Crippen LogP contribution is 2.26. The normalized spacial score (nSPS) is 10.9. The van der Waals surface area contributed by atoms with E-state index in [-0.39, 0.29) is 5.91 Å². The topological polar surface area (TPSA) is 59.8 Å². The molecule has 0 saturated carbocycles. The highest BCUT2D eigenvalue weighted by atomic mass is 35.5. The van der Waals surface area contributed by atoms with Crippen LogP contribution in [0, 0.1) is 0 Å². The Hall–Kier alpha value is -2.11. The number of nitrogens with zero attached hydrogens (tertiary/aromatic N) is 3. The average molecular weight is 335 g/mol. The lowest BCUT2D eigenvalue weighted by Crippen LogP contribution is -2.12. The average Bonchev–Trinajstić information content (AvgIpc) is 2.92. The minimum Gasteiger partial charge on any atom is -0.321 e. The Balaban J connectivity index is 1.88. The van der Waals surface area contributed by atoms with Crippen LogP contribution in [0.15, 0.2) is 36.4 Å². The molecule has 112 valence electrons. The number of hydrogen-bond donors (Lipinski definition) is 1. The number of fused-ring (bicyclic) bond motifs is 1.